The number of hydrogen-bond donors (Lipinski definition) is 5. The molecule has 2 fully saturated rings. The van der Waals surface area contributed by atoms with E-state index in [0.717, 1.165) is 5.56 Å². The van der Waals surface area contributed by atoms with Crippen molar-refractivity contribution in [3.8, 4) is 0 Å². The summed E-state index contributed by atoms with van der Waals surface area (Å²) in [6, 6.07) is 6.74. The fourth-order valence-electron chi connectivity index (χ4n) is 5.33. The maximum Gasteiger partial charge on any atom is 0.328 e. The molecule has 0 radical (unpaired) electrons. The van der Waals surface area contributed by atoms with Crippen LogP contribution < -0.4 is 27.0 Å². The first kappa shape index (κ1) is 29.3. The second kappa shape index (κ2) is 11.1. The van der Waals surface area contributed by atoms with Gasteiger partial charge in [0.15, 0.2) is 0 Å². The van der Waals surface area contributed by atoms with E-state index in [-0.39, 0.29) is 11.9 Å². The van der Waals surface area contributed by atoms with Crippen molar-refractivity contribution in [2.45, 2.75) is 44.9 Å². The van der Waals surface area contributed by atoms with E-state index >= 15 is 0 Å². The molecular weight excluding hydrogens is 516 g/mol. The Morgan fingerprint density at radius 3 is 2.20 bits per heavy atom. The highest BCUT2D eigenvalue weighted by molar-refractivity contribution is 5.96. The molecule has 4 rings (SSSR count). The average molecular weight is 557 g/mol. The molecule has 218 valence electrons. The quantitative estimate of drug-likeness (QED) is 0.303. The molecule has 0 saturated carbocycles. The zero-order valence-corrected chi connectivity index (χ0v) is 23.4. The SMILES string of the molecule is CC1(NC(=O)N2CCN(C(=O)C(C)(C)N)CC2)C=CN(c2ccc(CN3CC(CCN)(C(=O)O)C3)cc2)C(=O)N1. The zero-order valence-electron chi connectivity index (χ0n) is 23.4. The molecule has 13 nitrogen and oxygen atoms in total. The molecule has 3 aliphatic heterocycles. The number of aliphatic carboxylic acids is 1. The second-order valence-electron chi connectivity index (χ2n) is 11.7. The summed E-state index contributed by atoms with van der Waals surface area (Å²) in [6.07, 6.45) is 3.79. The van der Waals surface area contributed by atoms with Gasteiger partial charge in [-0.15, -0.1) is 0 Å². The first-order valence-electron chi connectivity index (χ1n) is 13.5. The van der Waals surface area contributed by atoms with E-state index in [1.165, 1.54) is 4.90 Å². The van der Waals surface area contributed by atoms with Crippen molar-refractivity contribution in [3.05, 3.63) is 42.1 Å². The fourth-order valence-corrected chi connectivity index (χ4v) is 5.33. The summed E-state index contributed by atoms with van der Waals surface area (Å²) in [5.74, 6) is -0.959. The van der Waals surface area contributed by atoms with E-state index < -0.39 is 28.6 Å². The van der Waals surface area contributed by atoms with Crippen LogP contribution in [0.2, 0.25) is 0 Å². The van der Waals surface area contributed by atoms with Crippen LogP contribution in [-0.4, -0.2) is 101 Å². The number of carboxylic acids is 1. The standard InChI is InChI=1S/C27H40N8O5/c1-25(2,29)21(36)33-12-14-34(15-13-33)23(39)30-26(3)9-11-35(24(40)31-26)20-6-4-19(5-7-20)16-32-17-27(18-32,8-10-28)22(37)38/h4-7,9,11H,8,10,12-18,28-29H2,1-3H3,(H,30,39)(H,31,40)(H,37,38). The van der Waals surface area contributed by atoms with Crippen LogP contribution in [0.4, 0.5) is 15.3 Å². The van der Waals surface area contributed by atoms with E-state index in [2.05, 4.69) is 15.5 Å². The molecule has 0 aliphatic carbocycles. The minimum absolute atomic E-state index is 0.154. The molecule has 0 aromatic heterocycles. The Balaban J connectivity index is 1.30. The predicted molar refractivity (Wildman–Crippen MR) is 149 cm³/mol. The highest BCUT2D eigenvalue weighted by atomic mass is 16.4. The number of rotatable bonds is 8. The van der Waals surface area contributed by atoms with E-state index in [4.69, 9.17) is 11.5 Å². The third-order valence-electron chi connectivity index (χ3n) is 7.66. The topological polar surface area (TPSA) is 178 Å². The molecule has 0 bridgehead atoms. The number of nitrogens with one attached hydrogen (secondary N) is 2. The molecule has 1 unspecified atom stereocenters. The molecule has 5 amide bonds. The summed E-state index contributed by atoms with van der Waals surface area (Å²) in [6.45, 7) is 8.40. The van der Waals surface area contributed by atoms with Crippen LogP contribution in [0.1, 0.15) is 32.8 Å². The number of piperazine rings is 1. The van der Waals surface area contributed by atoms with Crippen LogP contribution in [0, 0.1) is 5.41 Å². The number of likely N-dealkylation sites (tertiary alicyclic amines) is 1. The van der Waals surface area contributed by atoms with Gasteiger partial charge in [-0.25, -0.2) is 9.59 Å². The summed E-state index contributed by atoms with van der Waals surface area (Å²) in [4.78, 5) is 56.7. The van der Waals surface area contributed by atoms with E-state index in [0.29, 0.717) is 64.5 Å². The molecule has 40 heavy (non-hydrogen) atoms. The van der Waals surface area contributed by atoms with Crippen molar-refractivity contribution in [2.24, 2.45) is 16.9 Å². The summed E-state index contributed by atoms with van der Waals surface area (Å²) < 4.78 is 0. The average Bonchev–Trinajstić information content (AvgIpc) is 2.86. The number of nitrogens with zero attached hydrogens (tertiary/aromatic N) is 4. The number of anilines is 1. The van der Waals surface area contributed by atoms with Crippen LogP contribution in [0.3, 0.4) is 0 Å². The lowest BCUT2D eigenvalue weighted by Gasteiger charge is -2.47. The summed E-state index contributed by atoms with van der Waals surface area (Å²) >= 11 is 0. The van der Waals surface area contributed by atoms with Gasteiger partial charge in [-0.2, -0.15) is 0 Å². The Morgan fingerprint density at radius 1 is 1.07 bits per heavy atom. The van der Waals surface area contributed by atoms with Crippen LogP contribution in [0.25, 0.3) is 0 Å². The zero-order chi connectivity index (χ0) is 29.3. The number of hydrogen-bond acceptors (Lipinski definition) is 7. The molecule has 3 aliphatic rings. The lowest BCUT2D eigenvalue weighted by Crippen LogP contribution is -2.65. The first-order valence-corrected chi connectivity index (χ1v) is 13.5. The number of benzene rings is 1. The molecule has 1 aromatic carbocycles. The van der Waals surface area contributed by atoms with Gasteiger partial charge in [-0.05, 0) is 57.5 Å². The second-order valence-corrected chi connectivity index (χ2v) is 11.7. The van der Waals surface area contributed by atoms with E-state index in [9.17, 15) is 24.3 Å². The Morgan fingerprint density at radius 2 is 1.68 bits per heavy atom. The van der Waals surface area contributed by atoms with Crippen LogP contribution >= 0.6 is 0 Å². The van der Waals surface area contributed by atoms with Crippen molar-refractivity contribution in [2.75, 3.05) is 50.7 Å². The number of nitrogens with two attached hydrogens (primary N) is 2. The van der Waals surface area contributed by atoms with Crippen LogP contribution in [-0.2, 0) is 16.1 Å². The third-order valence-corrected chi connectivity index (χ3v) is 7.66. The maximum absolute atomic E-state index is 13.0. The minimum atomic E-state index is -1.09. The van der Waals surface area contributed by atoms with Crippen molar-refractivity contribution in [1.82, 2.24) is 25.3 Å². The van der Waals surface area contributed by atoms with Gasteiger partial charge in [0.1, 0.15) is 5.66 Å². The van der Waals surface area contributed by atoms with Gasteiger partial charge in [0.05, 0.1) is 16.6 Å². The number of urea groups is 2. The first-order chi connectivity index (χ1) is 18.7. The molecule has 0 spiro atoms. The van der Waals surface area contributed by atoms with Gasteiger partial charge in [0, 0.05) is 52.0 Å². The molecule has 2 saturated heterocycles. The van der Waals surface area contributed by atoms with Crippen molar-refractivity contribution >= 4 is 29.6 Å². The maximum atomic E-state index is 13.0. The van der Waals surface area contributed by atoms with Gasteiger partial charge >= 0.3 is 18.0 Å². The van der Waals surface area contributed by atoms with Crippen molar-refractivity contribution < 1.29 is 24.3 Å². The Hall–Kier alpha value is -3.68. The molecule has 1 atom stereocenters. The molecule has 7 N–H and O–H groups in total. The number of amides is 5. The number of carbonyl (C=O) groups excluding carboxylic acids is 3. The van der Waals surface area contributed by atoms with E-state index in [1.54, 1.807) is 42.8 Å². The number of carbonyl (C=O) groups is 4. The van der Waals surface area contributed by atoms with E-state index in [1.807, 2.05) is 24.3 Å². The highest BCUT2D eigenvalue weighted by Gasteiger charge is 2.48. The summed E-state index contributed by atoms with van der Waals surface area (Å²) in [7, 11) is 0. The summed E-state index contributed by atoms with van der Waals surface area (Å²) in [5, 5.41) is 15.2. The monoisotopic (exact) mass is 556 g/mol. The van der Waals surface area contributed by atoms with Gasteiger partial charge in [-0.1, -0.05) is 12.1 Å². The Labute approximate surface area is 234 Å². The van der Waals surface area contributed by atoms with Crippen molar-refractivity contribution in [1.29, 1.82) is 0 Å². The van der Waals surface area contributed by atoms with Crippen LogP contribution in [0.5, 0.6) is 0 Å². The predicted octanol–water partition coefficient (Wildman–Crippen LogP) is 0.273. The molecule has 3 heterocycles. The van der Waals surface area contributed by atoms with Gasteiger partial charge in [0.2, 0.25) is 5.91 Å². The molecular formula is C27H40N8O5. The third kappa shape index (κ3) is 6.21. The largest absolute Gasteiger partial charge is 0.481 e. The number of carboxylic acid groups (broad SMARTS) is 1. The highest BCUT2D eigenvalue weighted by Crippen LogP contribution is 2.35. The van der Waals surface area contributed by atoms with Gasteiger partial charge in [-0.3, -0.25) is 19.4 Å². The minimum Gasteiger partial charge on any atom is -0.481 e. The Kier molecular flexibility index (Phi) is 8.11. The summed E-state index contributed by atoms with van der Waals surface area (Å²) in [5.41, 5.74) is 10.4. The van der Waals surface area contributed by atoms with Gasteiger partial charge < -0.3 is 37.0 Å². The lowest BCUT2D eigenvalue weighted by atomic mass is 9.76. The Bertz CT molecular complexity index is 1170. The lowest BCUT2D eigenvalue weighted by molar-refractivity contribution is -0.161. The smallest absolute Gasteiger partial charge is 0.328 e. The van der Waals surface area contributed by atoms with Crippen molar-refractivity contribution in [3.63, 3.8) is 0 Å². The molecule has 1 aromatic rings. The molecule has 13 heteroatoms. The normalized spacial score (nSPS) is 22.9. The van der Waals surface area contributed by atoms with Crippen LogP contribution in [0.15, 0.2) is 36.5 Å². The fraction of sp³-hybridized carbons (Fsp3) is 0.556. The van der Waals surface area contributed by atoms with Gasteiger partial charge in [0.25, 0.3) is 0 Å².